The van der Waals surface area contributed by atoms with E-state index in [1.807, 2.05) is 18.2 Å². The van der Waals surface area contributed by atoms with E-state index in [-0.39, 0.29) is 29.6 Å². The predicted octanol–water partition coefficient (Wildman–Crippen LogP) is 2.85. The van der Waals surface area contributed by atoms with Gasteiger partial charge in [-0.1, -0.05) is 6.07 Å². The molecule has 0 aromatic heterocycles. The van der Waals surface area contributed by atoms with E-state index in [0.717, 1.165) is 30.4 Å². The fourth-order valence-corrected chi connectivity index (χ4v) is 4.69. The van der Waals surface area contributed by atoms with Crippen LogP contribution in [0.3, 0.4) is 0 Å². The summed E-state index contributed by atoms with van der Waals surface area (Å²) in [5.74, 6) is 0.314. The van der Waals surface area contributed by atoms with E-state index in [1.165, 1.54) is 24.1 Å². The maximum atomic E-state index is 13.5. The summed E-state index contributed by atoms with van der Waals surface area (Å²) < 4.78 is 16.9. The highest BCUT2D eigenvalue weighted by atomic mass is 16.7. The molecule has 0 aliphatic carbocycles. The first kappa shape index (κ1) is 20.6. The zero-order valence-corrected chi connectivity index (χ0v) is 18.2. The molecular formula is C24H26N2O6. The standard InChI is InChI=1S/C24H26N2O6/c1-25-18-12-20(27)21(30-2)11-17(18)23(28)26-13-15-9-16(32-22-5-3-4-8-31-22)7-6-14(15)10-19(26)24(25)29/h6-7,9,11-12,19,22,27H,3-5,8,10,13H2,1-2H3. The number of amides is 2. The number of phenolic OH excluding ortho intramolecular Hbond substituents is 1. The maximum Gasteiger partial charge on any atom is 0.257 e. The first-order chi connectivity index (χ1) is 15.5. The molecule has 0 bridgehead atoms. The number of aromatic hydroxyl groups is 1. The number of hydrogen-bond acceptors (Lipinski definition) is 6. The van der Waals surface area contributed by atoms with Crippen LogP contribution >= 0.6 is 0 Å². The van der Waals surface area contributed by atoms with Gasteiger partial charge in [0.15, 0.2) is 17.8 Å². The summed E-state index contributed by atoms with van der Waals surface area (Å²) in [7, 11) is 3.05. The molecular weight excluding hydrogens is 412 g/mol. The van der Waals surface area contributed by atoms with Gasteiger partial charge in [0.1, 0.15) is 11.8 Å². The number of nitrogens with zero attached hydrogens (tertiary/aromatic N) is 2. The molecule has 2 amide bonds. The van der Waals surface area contributed by atoms with Crippen LogP contribution in [0, 0.1) is 0 Å². The number of carbonyl (C=O) groups excluding carboxylic acids is 2. The normalized spacial score (nSPS) is 22.6. The molecule has 32 heavy (non-hydrogen) atoms. The molecule has 5 rings (SSSR count). The molecule has 0 spiro atoms. The number of hydrogen-bond donors (Lipinski definition) is 1. The van der Waals surface area contributed by atoms with Crippen molar-refractivity contribution in [3.63, 3.8) is 0 Å². The molecule has 2 aromatic carbocycles. The zero-order chi connectivity index (χ0) is 22.4. The Bertz CT molecular complexity index is 1080. The molecule has 8 nitrogen and oxygen atoms in total. The van der Waals surface area contributed by atoms with Gasteiger partial charge in [0.2, 0.25) is 5.91 Å². The lowest BCUT2D eigenvalue weighted by Gasteiger charge is -2.35. The Balaban J connectivity index is 1.48. The number of benzene rings is 2. The van der Waals surface area contributed by atoms with Gasteiger partial charge in [-0.2, -0.15) is 0 Å². The van der Waals surface area contributed by atoms with E-state index in [0.29, 0.717) is 36.6 Å². The van der Waals surface area contributed by atoms with Crippen LogP contribution in [0.2, 0.25) is 0 Å². The number of anilines is 1. The third-order valence-electron chi connectivity index (χ3n) is 6.48. The van der Waals surface area contributed by atoms with Crippen LogP contribution in [0.4, 0.5) is 5.69 Å². The van der Waals surface area contributed by atoms with E-state index in [9.17, 15) is 14.7 Å². The number of phenols is 1. The summed E-state index contributed by atoms with van der Waals surface area (Å²) in [6.45, 7) is 0.997. The fourth-order valence-electron chi connectivity index (χ4n) is 4.69. The van der Waals surface area contributed by atoms with E-state index in [4.69, 9.17) is 14.2 Å². The van der Waals surface area contributed by atoms with Crippen LogP contribution in [0.25, 0.3) is 0 Å². The van der Waals surface area contributed by atoms with Crippen molar-refractivity contribution in [2.24, 2.45) is 0 Å². The smallest absolute Gasteiger partial charge is 0.257 e. The van der Waals surface area contributed by atoms with Crippen LogP contribution < -0.4 is 14.4 Å². The molecule has 3 aliphatic rings. The lowest BCUT2D eigenvalue weighted by Crippen LogP contribution is -2.50. The molecule has 0 saturated carbocycles. The first-order valence-corrected chi connectivity index (χ1v) is 10.9. The molecule has 1 fully saturated rings. The Kier molecular flexibility index (Phi) is 5.17. The van der Waals surface area contributed by atoms with Gasteiger partial charge in [0.05, 0.1) is 25.0 Å². The third-order valence-corrected chi connectivity index (χ3v) is 6.48. The quantitative estimate of drug-likeness (QED) is 0.793. The summed E-state index contributed by atoms with van der Waals surface area (Å²) in [5.41, 5.74) is 2.66. The van der Waals surface area contributed by atoms with E-state index < -0.39 is 6.04 Å². The molecule has 2 atom stereocenters. The highest BCUT2D eigenvalue weighted by Crippen LogP contribution is 2.39. The van der Waals surface area contributed by atoms with Gasteiger partial charge in [-0.25, -0.2) is 0 Å². The summed E-state index contributed by atoms with van der Waals surface area (Å²) >= 11 is 0. The van der Waals surface area contributed by atoms with E-state index in [2.05, 4.69) is 0 Å². The number of ether oxygens (including phenoxy) is 3. The van der Waals surface area contributed by atoms with Crippen LogP contribution in [0.1, 0.15) is 40.7 Å². The van der Waals surface area contributed by atoms with Gasteiger partial charge in [-0.15, -0.1) is 0 Å². The minimum Gasteiger partial charge on any atom is -0.504 e. The lowest BCUT2D eigenvalue weighted by molar-refractivity contribution is -0.123. The van der Waals surface area contributed by atoms with Crippen molar-refractivity contribution in [3.05, 3.63) is 47.0 Å². The second kappa shape index (κ2) is 8.02. The topological polar surface area (TPSA) is 88.5 Å². The second-order valence-electron chi connectivity index (χ2n) is 8.44. The average Bonchev–Trinajstić information content (AvgIpc) is 2.88. The van der Waals surface area contributed by atoms with E-state index in [1.54, 1.807) is 11.9 Å². The minimum atomic E-state index is -0.617. The first-order valence-electron chi connectivity index (χ1n) is 10.9. The Labute approximate surface area is 186 Å². The predicted molar refractivity (Wildman–Crippen MR) is 116 cm³/mol. The fraction of sp³-hybridized carbons (Fsp3) is 0.417. The minimum absolute atomic E-state index is 0.117. The van der Waals surface area contributed by atoms with Crippen LogP contribution in [0.15, 0.2) is 30.3 Å². The summed E-state index contributed by atoms with van der Waals surface area (Å²) in [6.07, 6.45) is 3.15. The van der Waals surface area contributed by atoms with E-state index >= 15 is 0 Å². The Morgan fingerprint density at radius 3 is 2.72 bits per heavy atom. The average molecular weight is 438 g/mol. The molecule has 8 heteroatoms. The highest BCUT2D eigenvalue weighted by molar-refractivity contribution is 6.11. The van der Waals surface area contributed by atoms with Gasteiger partial charge >= 0.3 is 0 Å². The van der Waals surface area contributed by atoms with Gasteiger partial charge < -0.3 is 29.1 Å². The van der Waals surface area contributed by atoms with Crippen molar-refractivity contribution >= 4 is 17.5 Å². The number of rotatable bonds is 3. The van der Waals surface area contributed by atoms with Crippen molar-refractivity contribution in [2.75, 3.05) is 25.7 Å². The molecule has 1 saturated heterocycles. The van der Waals surface area contributed by atoms with Gasteiger partial charge in [0, 0.05) is 32.5 Å². The van der Waals surface area contributed by atoms with Gasteiger partial charge in [0.25, 0.3) is 5.91 Å². The zero-order valence-electron chi connectivity index (χ0n) is 18.2. The van der Waals surface area contributed by atoms with Gasteiger partial charge in [-0.05, 0) is 42.2 Å². The Morgan fingerprint density at radius 2 is 1.97 bits per heavy atom. The largest absolute Gasteiger partial charge is 0.504 e. The number of fused-ring (bicyclic) bond motifs is 3. The Morgan fingerprint density at radius 1 is 1.12 bits per heavy atom. The molecule has 3 aliphatic heterocycles. The monoisotopic (exact) mass is 438 g/mol. The summed E-state index contributed by atoms with van der Waals surface area (Å²) in [4.78, 5) is 29.8. The molecule has 2 unspecified atom stereocenters. The summed E-state index contributed by atoms with van der Waals surface area (Å²) in [6, 6.07) is 8.09. The van der Waals surface area contributed by atoms with Crippen LogP contribution in [-0.2, 0) is 22.5 Å². The molecule has 0 radical (unpaired) electrons. The third kappa shape index (κ3) is 3.44. The van der Waals surface area contributed by atoms with Crippen molar-refractivity contribution in [3.8, 4) is 17.2 Å². The maximum absolute atomic E-state index is 13.5. The van der Waals surface area contributed by atoms with Crippen LogP contribution in [-0.4, -0.2) is 54.9 Å². The van der Waals surface area contributed by atoms with Crippen LogP contribution in [0.5, 0.6) is 17.2 Å². The second-order valence-corrected chi connectivity index (χ2v) is 8.44. The number of methoxy groups -OCH3 is 1. The lowest BCUT2D eigenvalue weighted by atomic mass is 9.93. The highest BCUT2D eigenvalue weighted by Gasteiger charge is 2.41. The van der Waals surface area contributed by atoms with Crippen molar-refractivity contribution in [2.45, 2.75) is 44.6 Å². The number of carbonyl (C=O) groups is 2. The molecule has 3 heterocycles. The van der Waals surface area contributed by atoms with Crippen molar-refractivity contribution < 1.29 is 28.9 Å². The molecule has 168 valence electrons. The van der Waals surface area contributed by atoms with Gasteiger partial charge in [-0.3, -0.25) is 9.59 Å². The Hall–Kier alpha value is -3.26. The SMILES string of the molecule is COc1cc2c(cc1O)N(C)C(=O)C1Cc3ccc(OC4CCCCO4)cc3CN1C2=O. The molecule has 1 N–H and O–H groups in total. The van der Waals surface area contributed by atoms with Crippen molar-refractivity contribution in [1.29, 1.82) is 0 Å². The number of likely N-dealkylation sites (N-methyl/N-ethyl adjacent to an activating group) is 1. The van der Waals surface area contributed by atoms with Crippen molar-refractivity contribution in [1.82, 2.24) is 4.90 Å². The summed E-state index contributed by atoms with van der Waals surface area (Å²) in [5, 5.41) is 10.2. The molecule has 2 aromatic rings.